The molecule has 0 bridgehead atoms. The summed E-state index contributed by atoms with van der Waals surface area (Å²) in [7, 11) is 0. The van der Waals surface area contributed by atoms with Crippen molar-refractivity contribution in [2.75, 3.05) is 6.54 Å². The molecular formula is C11H19N3O2. The van der Waals surface area contributed by atoms with E-state index in [1.807, 2.05) is 13.8 Å². The van der Waals surface area contributed by atoms with Gasteiger partial charge in [-0.2, -0.15) is 0 Å². The van der Waals surface area contributed by atoms with Crippen LogP contribution in [0.4, 0.5) is 0 Å². The first-order valence-corrected chi connectivity index (χ1v) is 5.65. The van der Waals surface area contributed by atoms with Crippen molar-refractivity contribution in [2.45, 2.75) is 39.7 Å². The zero-order chi connectivity index (χ0) is 12.0. The lowest BCUT2D eigenvalue weighted by Crippen LogP contribution is -2.25. The SMILES string of the molecule is CCc1noc(CC)c1CNC(=O)CCN. The van der Waals surface area contributed by atoms with Crippen LogP contribution in [0.5, 0.6) is 0 Å². The van der Waals surface area contributed by atoms with Crippen LogP contribution in [-0.4, -0.2) is 17.6 Å². The smallest absolute Gasteiger partial charge is 0.221 e. The number of carbonyl (C=O) groups is 1. The maximum absolute atomic E-state index is 11.3. The summed E-state index contributed by atoms with van der Waals surface area (Å²) < 4.78 is 5.20. The fourth-order valence-electron chi connectivity index (χ4n) is 1.54. The van der Waals surface area contributed by atoms with E-state index in [0.29, 0.717) is 19.5 Å². The summed E-state index contributed by atoms with van der Waals surface area (Å²) in [6.45, 7) is 4.87. The van der Waals surface area contributed by atoms with Crippen LogP contribution in [0.3, 0.4) is 0 Å². The molecule has 1 heterocycles. The number of nitrogens with two attached hydrogens (primary N) is 1. The predicted molar refractivity (Wildman–Crippen MR) is 60.8 cm³/mol. The topological polar surface area (TPSA) is 81.2 Å². The van der Waals surface area contributed by atoms with Gasteiger partial charge in [-0.1, -0.05) is 19.0 Å². The van der Waals surface area contributed by atoms with Crippen molar-refractivity contribution >= 4 is 5.91 Å². The molecule has 0 aliphatic rings. The first kappa shape index (κ1) is 12.7. The van der Waals surface area contributed by atoms with E-state index < -0.39 is 0 Å². The van der Waals surface area contributed by atoms with Gasteiger partial charge in [-0.3, -0.25) is 4.79 Å². The Kier molecular flexibility index (Phi) is 4.98. The summed E-state index contributed by atoms with van der Waals surface area (Å²) in [6.07, 6.45) is 1.95. The molecule has 16 heavy (non-hydrogen) atoms. The maximum Gasteiger partial charge on any atom is 0.221 e. The number of rotatable bonds is 6. The molecule has 0 fully saturated rings. The number of aryl methyl sites for hydroxylation is 2. The molecule has 1 aromatic rings. The van der Waals surface area contributed by atoms with Crippen LogP contribution in [0, 0.1) is 0 Å². The lowest BCUT2D eigenvalue weighted by Gasteiger charge is -2.04. The van der Waals surface area contributed by atoms with Gasteiger partial charge in [-0.15, -0.1) is 0 Å². The Morgan fingerprint density at radius 1 is 1.44 bits per heavy atom. The molecule has 0 atom stereocenters. The standard InChI is InChI=1S/C11H19N3O2/c1-3-9-8(10(4-2)16-14-9)7-13-11(15)5-6-12/h3-7,12H2,1-2H3,(H,13,15). The van der Waals surface area contributed by atoms with Gasteiger partial charge in [-0.05, 0) is 6.42 Å². The average molecular weight is 225 g/mol. The zero-order valence-corrected chi connectivity index (χ0v) is 9.88. The monoisotopic (exact) mass is 225 g/mol. The van der Waals surface area contributed by atoms with E-state index in [2.05, 4.69) is 10.5 Å². The molecule has 5 nitrogen and oxygen atoms in total. The van der Waals surface area contributed by atoms with Crippen molar-refractivity contribution in [1.82, 2.24) is 10.5 Å². The van der Waals surface area contributed by atoms with Crippen molar-refractivity contribution in [3.63, 3.8) is 0 Å². The normalized spacial score (nSPS) is 10.4. The molecule has 1 aromatic heterocycles. The Morgan fingerprint density at radius 2 is 2.19 bits per heavy atom. The maximum atomic E-state index is 11.3. The fraction of sp³-hybridized carbons (Fsp3) is 0.636. The molecule has 0 aliphatic heterocycles. The van der Waals surface area contributed by atoms with Gasteiger partial charge in [-0.25, -0.2) is 0 Å². The minimum absolute atomic E-state index is 0.0344. The Morgan fingerprint density at radius 3 is 2.75 bits per heavy atom. The van der Waals surface area contributed by atoms with Gasteiger partial charge in [0.1, 0.15) is 5.76 Å². The predicted octanol–water partition coefficient (Wildman–Crippen LogP) is 0.764. The highest BCUT2D eigenvalue weighted by Gasteiger charge is 2.13. The van der Waals surface area contributed by atoms with E-state index in [-0.39, 0.29) is 5.91 Å². The van der Waals surface area contributed by atoms with Gasteiger partial charge in [0.25, 0.3) is 0 Å². The Bertz CT molecular complexity index is 325. The quantitative estimate of drug-likeness (QED) is 0.749. The van der Waals surface area contributed by atoms with Crippen LogP contribution in [0.25, 0.3) is 0 Å². The van der Waals surface area contributed by atoms with Gasteiger partial charge in [0.15, 0.2) is 0 Å². The van der Waals surface area contributed by atoms with Crippen molar-refractivity contribution in [3.05, 3.63) is 17.0 Å². The summed E-state index contributed by atoms with van der Waals surface area (Å²) >= 11 is 0. The van der Waals surface area contributed by atoms with Gasteiger partial charge in [0, 0.05) is 31.5 Å². The van der Waals surface area contributed by atoms with Gasteiger partial charge in [0.2, 0.25) is 5.91 Å². The number of aromatic nitrogens is 1. The number of nitrogens with one attached hydrogen (secondary N) is 1. The van der Waals surface area contributed by atoms with Crippen LogP contribution in [0.1, 0.15) is 37.3 Å². The summed E-state index contributed by atoms with van der Waals surface area (Å²) in [5.41, 5.74) is 7.23. The molecule has 0 radical (unpaired) electrons. The number of hydrogen-bond donors (Lipinski definition) is 2. The highest BCUT2D eigenvalue weighted by atomic mass is 16.5. The molecule has 0 unspecified atom stereocenters. The zero-order valence-electron chi connectivity index (χ0n) is 9.88. The third-order valence-corrected chi connectivity index (χ3v) is 2.44. The van der Waals surface area contributed by atoms with Crippen molar-refractivity contribution < 1.29 is 9.32 Å². The molecule has 1 amide bonds. The second-order valence-electron chi connectivity index (χ2n) is 3.55. The van der Waals surface area contributed by atoms with Gasteiger partial charge in [0.05, 0.1) is 5.69 Å². The van der Waals surface area contributed by atoms with Crippen LogP contribution < -0.4 is 11.1 Å². The number of amides is 1. The van der Waals surface area contributed by atoms with E-state index >= 15 is 0 Å². The average Bonchev–Trinajstić information content (AvgIpc) is 2.68. The summed E-state index contributed by atoms with van der Waals surface area (Å²) in [5.74, 6) is 0.817. The molecule has 0 spiro atoms. The van der Waals surface area contributed by atoms with E-state index in [1.165, 1.54) is 0 Å². The fourth-order valence-corrected chi connectivity index (χ4v) is 1.54. The molecular weight excluding hydrogens is 206 g/mol. The summed E-state index contributed by atoms with van der Waals surface area (Å²) in [6, 6.07) is 0. The van der Waals surface area contributed by atoms with Crippen LogP contribution in [0.2, 0.25) is 0 Å². The highest BCUT2D eigenvalue weighted by Crippen LogP contribution is 2.15. The van der Waals surface area contributed by atoms with Crippen LogP contribution in [0.15, 0.2) is 4.52 Å². The number of nitrogens with zero attached hydrogens (tertiary/aromatic N) is 1. The lowest BCUT2D eigenvalue weighted by molar-refractivity contribution is -0.121. The first-order valence-electron chi connectivity index (χ1n) is 5.65. The third-order valence-electron chi connectivity index (χ3n) is 2.44. The number of hydrogen-bond acceptors (Lipinski definition) is 4. The van der Waals surface area contributed by atoms with Crippen LogP contribution >= 0.6 is 0 Å². The van der Waals surface area contributed by atoms with E-state index in [4.69, 9.17) is 10.3 Å². The second-order valence-corrected chi connectivity index (χ2v) is 3.55. The minimum atomic E-state index is -0.0344. The molecule has 0 saturated heterocycles. The van der Waals surface area contributed by atoms with E-state index in [1.54, 1.807) is 0 Å². The van der Waals surface area contributed by atoms with Crippen molar-refractivity contribution in [2.24, 2.45) is 5.73 Å². The Labute approximate surface area is 95.4 Å². The number of carbonyl (C=O) groups excluding carboxylic acids is 1. The second kappa shape index (κ2) is 6.27. The molecule has 0 aromatic carbocycles. The molecule has 1 rings (SSSR count). The third kappa shape index (κ3) is 3.06. The van der Waals surface area contributed by atoms with Gasteiger partial charge >= 0.3 is 0 Å². The molecule has 3 N–H and O–H groups in total. The Balaban J connectivity index is 2.64. The minimum Gasteiger partial charge on any atom is -0.361 e. The lowest BCUT2D eigenvalue weighted by atomic mass is 10.1. The molecule has 5 heteroatoms. The molecule has 90 valence electrons. The van der Waals surface area contributed by atoms with Crippen LogP contribution in [-0.2, 0) is 24.2 Å². The first-order chi connectivity index (χ1) is 7.72. The molecule has 0 aliphatic carbocycles. The summed E-state index contributed by atoms with van der Waals surface area (Å²) in [5, 5.41) is 6.79. The summed E-state index contributed by atoms with van der Waals surface area (Å²) in [4.78, 5) is 11.3. The van der Waals surface area contributed by atoms with Gasteiger partial charge < -0.3 is 15.6 Å². The van der Waals surface area contributed by atoms with Crippen molar-refractivity contribution in [1.29, 1.82) is 0 Å². The molecule has 0 saturated carbocycles. The van der Waals surface area contributed by atoms with E-state index in [9.17, 15) is 4.79 Å². The van der Waals surface area contributed by atoms with Crippen molar-refractivity contribution in [3.8, 4) is 0 Å². The highest BCUT2D eigenvalue weighted by molar-refractivity contribution is 5.76. The Hall–Kier alpha value is -1.36. The van der Waals surface area contributed by atoms with E-state index in [0.717, 1.165) is 29.9 Å². The largest absolute Gasteiger partial charge is 0.361 e.